The van der Waals surface area contributed by atoms with Gasteiger partial charge in [-0.3, -0.25) is 0 Å². The Labute approximate surface area is 88.7 Å². The highest BCUT2D eigenvalue weighted by Crippen LogP contribution is 2.32. The lowest BCUT2D eigenvalue weighted by Crippen LogP contribution is -2.32. The lowest BCUT2D eigenvalue weighted by molar-refractivity contribution is 0.397. The summed E-state index contributed by atoms with van der Waals surface area (Å²) in [4.78, 5) is 4.14. The second-order valence-corrected chi connectivity index (χ2v) is 4.94. The molecule has 0 amide bonds. The summed E-state index contributed by atoms with van der Waals surface area (Å²) in [5, 5.41) is 4.83. The van der Waals surface area contributed by atoms with Crippen LogP contribution in [0.3, 0.4) is 0 Å². The van der Waals surface area contributed by atoms with Crippen LogP contribution in [0.25, 0.3) is 0 Å². The van der Waals surface area contributed by atoms with E-state index in [0.29, 0.717) is 11.3 Å². The average molecular weight is 212 g/mol. The average Bonchev–Trinajstić information content (AvgIpc) is 2.71. The maximum atomic E-state index is 5.24. The van der Waals surface area contributed by atoms with E-state index in [1.54, 1.807) is 24.2 Å². The Hall–Kier alpha value is -0.480. The first-order valence-electron chi connectivity index (χ1n) is 5.12. The highest BCUT2D eigenvalue weighted by molar-refractivity contribution is 7.99. The molecule has 1 aliphatic carbocycles. The van der Waals surface area contributed by atoms with Gasteiger partial charge in [0.15, 0.2) is 0 Å². The molecule has 14 heavy (non-hydrogen) atoms. The topological polar surface area (TPSA) is 38.1 Å². The molecule has 0 aromatic carbocycles. The zero-order valence-corrected chi connectivity index (χ0v) is 9.22. The Balaban J connectivity index is 1.86. The first kappa shape index (κ1) is 10.1. The van der Waals surface area contributed by atoms with Crippen molar-refractivity contribution in [1.82, 2.24) is 10.3 Å². The van der Waals surface area contributed by atoms with Gasteiger partial charge in [0.2, 0.25) is 0 Å². The summed E-state index contributed by atoms with van der Waals surface area (Å²) in [5.74, 6) is 0. The van der Waals surface area contributed by atoms with E-state index in [2.05, 4.69) is 10.3 Å². The molecule has 1 heterocycles. The maximum Gasteiger partial charge on any atom is 0.255 e. The van der Waals surface area contributed by atoms with Crippen molar-refractivity contribution < 1.29 is 4.42 Å². The van der Waals surface area contributed by atoms with Gasteiger partial charge in [-0.1, -0.05) is 18.2 Å². The van der Waals surface area contributed by atoms with Crippen LogP contribution < -0.4 is 5.32 Å². The quantitative estimate of drug-likeness (QED) is 0.834. The number of aromatic nitrogens is 1. The van der Waals surface area contributed by atoms with E-state index in [4.69, 9.17) is 4.42 Å². The summed E-state index contributed by atoms with van der Waals surface area (Å²) in [5.41, 5.74) is 0. The molecule has 1 aromatic rings. The fourth-order valence-electron chi connectivity index (χ4n) is 1.93. The Morgan fingerprint density at radius 3 is 3.21 bits per heavy atom. The largest absolute Gasteiger partial charge is 0.440 e. The fraction of sp³-hybridized carbons (Fsp3) is 0.700. The van der Waals surface area contributed by atoms with Crippen molar-refractivity contribution >= 4 is 11.8 Å². The molecule has 4 heteroatoms. The van der Waals surface area contributed by atoms with Crippen molar-refractivity contribution in [2.75, 3.05) is 7.05 Å². The molecule has 0 bridgehead atoms. The van der Waals surface area contributed by atoms with Crippen molar-refractivity contribution in [1.29, 1.82) is 0 Å². The molecule has 1 saturated carbocycles. The molecule has 1 fully saturated rings. The third-order valence-electron chi connectivity index (χ3n) is 2.71. The van der Waals surface area contributed by atoms with Crippen LogP contribution in [0.5, 0.6) is 0 Å². The normalized spacial score (nSPS) is 27.8. The standard InChI is InChI=1S/C10H16N2OS/c1-11-8-3-2-4-9(7-8)14-10-12-5-6-13-10/h5-6,8-9,11H,2-4,7H2,1H3. The molecule has 1 aliphatic rings. The molecule has 1 aromatic heterocycles. The Kier molecular flexibility index (Phi) is 3.48. The molecule has 0 saturated heterocycles. The molecule has 2 rings (SSSR count). The van der Waals surface area contributed by atoms with Crippen LogP contribution in [0.15, 0.2) is 22.1 Å². The predicted molar refractivity (Wildman–Crippen MR) is 57.5 cm³/mol. The zero-order chi connectivity index (χ0) is 9.80. The fourth-order valence-corrected chi connectivity index (χ4v) is 3.06. The molecular formula is C10H16N2OS. The summed E-state index contributed by atoms with van der Waals surface area (Å²) >= 11 is 1.77. The molecule has 0 spiro atoms. The van der Waals surface area contributed by atoms with Crippen LogP contribution in [0.2, 0.25) is 0 Å². The minimum atomic E-state index is 0.667. The number of oxazole rings is 1. The van der Waals surface area contributed by atoms with Gasteiger partial charge in [0.05, 0.1) is 6.20 Å². The first-order valence-corrected chi connectivity index (χ1v) is 6.00. The van der Waals surface area contributed by atoms with Crippen LogP contribution in [0.4, 0.5) is 0 Å². The summed E-state index contributed by atoms with van der Waals surface area (Å²) in [6.07, 6.45) is 8.47. The van der Waals surface area contributed by atoms with Gasteiger partial charge >= 0.3 is 0 Å². The highest BCUT2D eigenvalue weighted by Gasteiger charge is 2.22. The van der Waals surface area contributed by atoms with Gasteiger partial charge in [0.25, 0.3) is 5.22 Å². The number of hydrogen-bond acceptors (Lipinski definition) is 4. The van der Waals surface area contributed by atoms with Gasteiger partial charge in [-0.25, -0.2) is 4.98 Å². The lowest BCUT2D eigenvalue weighted by Gasteiger charge is -2.27. The SMILES string of the molecule is CNC1CCCC(Sc2ncco2)C1. The summed E-state index contributed by atoms with van der Waals surface area (Å²) < 4.78 is 5.24. The monoisotopic (exact) mass is 212 g/mol. The molecule has 3 nitrogen and oxygen atoms in total. The second-order valence-electron chi connectivity index (χ2n) is 3.69. The van der Waals surface area contributed by atoms with E-state index < -0.39 is 0 Å². The van der Waals surface area contributed by atoms with Gasteiger partial charge in [0, 0.05) is 11.3 Å². The van der Waals surface area contributed by atoms with E-state index in [1.807, 2.05) is 7.05 Å². The molecule has 1 N–H and O–H groups in total. The molecule has 0 radical (unpaired) electrons. The Morgan fingerprint density at radius 1 is 1.57 bits per heavy atom. The number of nitrogens with zero attached hydrogens (tertiary/aromatic N) is 1. The minimum absolute atomic E-state index is 0.667. The van der Waals surface area contributed by atoms with Crippen LogP contribution in [-0.4, -0.2) is 23.3 Å². The predicted octanol–water partition coefficient (Wildman–Crippen LogP) is 2.30. The van der Waals surface area contributed by atoms with Crippen molar-refractivity contribution in [2.45, 2.75) is 42.2 Å². The molecule has 2 unspecified atom stereocenters. The Bertz CT molecular complexity index is 263. The van der Waals surface area contributed by atoms with Crippen LogP contribution in [0.1, 0.15) is 25.7 Å². The zero-order valence-electron chi connectivity index (χ0n) is 8.40. The number of thioether (sulfide) groups is 1. The second kappa shape index (κ2) is 4.84. The molecular weight excluding hydrogens is 196 g/mol. The Morgan fingerprint density at radius 2 is 2.50 bits per heavy atom. The van der Waals surface area contributed by atoms with E-state index in [-0.39, 0.29) is 0 Å². The van der Waals surface area contributed by atoms with Crippen molar-refractivity contribution in [2.24, 2.45) is 0 Å². The van der Waals surface area contributed by atoms with Gasteiger partial charge in [-0.15, -0.1) is 0 Å². The maximum absolute atomic E-state index is 5.24. The van der Waals surface area contributed by atoms with Gasteiger partial charge in [0.1, 0.15) is 6.26 Å². The van der Waals surface area contributed by atoms with E-state index >= 15 is 0 Å². The molecule has 2 atom stereocenters. The van der Waals surface area contributed by atoms with Crippen molar-refractivity contribution in [3.05, 3.63) is 12.5 Å². The van der Waals surface area contributed by atoms with Gasteiger partial charge in [-0.05, 0) is 26.3 Å². The summed E-state index contributed by atoms with van der Waals surface area (Å²) in [6.45, 7) is 0. The number of nitrogens with one attached hydrogen (secondary N) is 1. The van der Waals surface area contributed by atoms with Crippen LogP contribution in [0, 0.1) is 0 Å². The summed E-state index contributed by atoms with van der Waals surface area (Å²) in [6, 6.07) is 0.677. The van der Waals surface area contributed by atoms with Gasteiger partial charge in [-0.2, -0.15) is 0 Å². The highest BCUT2D eigenvalue weighted by atomic mass is 32.2. The van der Waals surface area contributed by atoms with E-state index in [1.165, 1.54) is 25.7 Å². The smallest absolute Gasteiger partial charge is 0.255 e. The third kappa shape index (κ3) is 2.51. The first-order chi connectivity index (χ1) is 6.88. The van der Waals surface area contributed by atoms with Crippen molar-refractivity contribution in [3.63, 3.8) is 0 Å². The van der Waals surface area contributed by atoms with E-state index in [9.17, 15) is 0 Å². The van der Waals surface area contributed by atoms with Crippen molar-refractivity contribution in [3.8, 4) is 0 Å². The summed E-state index contributed by atoms with van der Waals surface area (Å²) in [7, 11) is 2.04. The number of rotatable bonds is 3. The lowest BCUT2D eigenvalue weighted by atomic mass is 9.95. The van der Waals surface area contributed by atoms with Crippen LogP contribution in [-0.2, 0) is 0 Å². The number of hydrogen-bond donors (Lipinski definition) is 1. The molecule has 0 aliphatic heterocycles. The molecule has 78 valence electrons. The third-order valence-corrected chi connectivity index (χ3v) is 3.88. The van der Waals surface area contributed by atoms with Gasteiger partial charge < -0.3 is 9.73 Å². The van der Waals surface area contributed by atoms with E-state index in [0.717, 1.165) is 5.22 Å². The minimum Gasteiger partial charge on any atom is -0.440 e. The van der Waals surface area contributed by atoms with Crippen LogP contribution >= 0.6 is 11.8 Å².